The molecule has 3 aromatic rings. The predicted octanol–water partition coefficient (Wildman–Crippen LogP) is 3.16. The minimum absolute atomic E-state index is 0.0987. The van der Waals surface area contributed by atoms with Crippen LogP contribution in [0, 0.1) is 6.92 Å². The number of thioether (sulfide) groups is 1. The Balaban J connectivity index is 1.65. The third-order valence-corrected chi connectivity index (χ3v) is 4.33. The van der Waals surface area contributed by atoms with Crippen molar-refractivity contribution in [3.8, 4) is 0 Å². The first-order valence-corrected chi connectivity index (χ1v) is 7.71. The molecule has 0 aliphatic heterocycles. The van der Waals surface area contributed by atoms with Crippen LogP contribution in [0.2, 0.25) is 0 Å². The maximum atomic E-state index is 12.0. The molecular formula is C16H14N2O3S. The van der Waals surface area contributed by atoms with E-state index in [2.05, 4.69) is 10.3 Å². The molecule has 1 heterocycles. The van der Waals surface area contributed by atoms with Gasteiger partial charge >= 0.3 is 5.76 Å². The molecule has 22 heavy (non-hydrogen) atoms. The molecule has 3 rings (SSSR count). The van der Waals surface area contributed by atoms with Crippen LogP contribution < -0.4 is 11.1 Å². The number of H-pyrrole nitrogens is 1. The lowest BCUT2D eigenvalue weighted by Crippen LogP contribution is -2.14. The van der Waals surface area contributed by atoms with Gasteiger partial charge in [-0.1, -0.05) is 18.2 Å². The fraction of sp³-hybridized carbons (Fsp3) is 0.125. The average Bonchev–Trinajstić information content (AvgIpc) is 2.86. The van der Waals surface area contributed by atoms with Gasteiger partial charge in [-0.25, -0.2) is 4.79 Å². The number of anilines is 1. The summed E-state index contributed by atoms with van der Waals surface area (Å²) in [5, 5.41) is 2.81. The van der Waals surface area contributed by atoms with Crippen molar-refractivity contribution < 1.29 is 9.21 Å². The first-order valence-electron chi connectivity index (χ1n) is 6.73. The molecule has 0 spiro atoms. The zero-order valence-corrected chi connectivity index (χ0v) is 12.7. The average molecular weight is 314 g/mol. The lowest BCUT2D eigenvalue weighted by molar-refractivity contribution is -0.113. The van der Waals surface area contributed by atoms with E-state index in [0.29, 0.717) is 22.5 Å². The molecule has 1 amide bonds. The van der Waals surface area contributed by atoms with E-state index in [0.717, 1.165) is 10.5 Å². The Kier molecular flexibility index (Phi) is 4.02. The number of nitrogens with one attached hydrogen (secondary N) is 2. The molecule has 0 atom stereocenters. The van der Waals surface area contributed by atoms with Crippen molar-refractivity contribution in [1.29, 1.82) is 0 Å². The number of carbonyl (C=O) groups excluding carboxylic acids is 1. The zero-order valence-electron chi connectivity index (χ0n) is 11.9. The Morgan fingerprint density at radius 3 is 2.91 bits per heavy atom. The molecule has 2 aromatic carbocycles. The topological polar surface area (TPSA) is 75.1 Å². The molecule has 6 heteroatoms. The number of rotatable bonds is 4. The standard InChI is InChI=1S/C16H14N2O3S/c1-10-4-2-3-5-14(10)22-9-15(19)17-11-6-7-13-12(8-11)18-16(20)21-13/h2-8H,9H2,1H3,(H,17,19)(H,18,20). The highest BCUT2D eigenvalue weighted by Crippen LogP contribution is 2.22. The maximum Gasteiger partial charge on any atom is 0.417 e. The Hall–Kier alpha value is -2.47. The maximum absolute atomic E-state index is 12.0. The summed E-state index contributed by atoms with van der Waals surface area (Å²) in [6, 6.07) is 13.0. The van der Waals surface area contributed by atoms with E-state index in [9.17, 15) is 9.59 Å². The quantitative estimate of drug-likeness (QED) is 0.725. The van der Waals surface area contributed by atoms with Crippen molar-refractivity contribution in [2.24, 2.45) is 0 Å². The minimum Gasteiger partial charge on any atom is -0.408 e. The summed E-state index contributed by atoms with van der Waals surface area (Å²) in [5.74, 6) is -0.280. The number of aromatic amines is 1. The van der Waals surface area contributed by atoms with Gasteiger partial charge in [-0.3, -0.25) is 9.78 Å². The number of amides is 1. The Morgan fingerprint density at radius 2 is 2.09 bits per heavy atom. The molecule has 1 aromatic heterocycles. The van der Waals surface area contributed by atoms with Crippen LogP contribution in [-0.2, 0) is 4.79 Å². The molecule has 5 nitrogen and oxygen atoms in total. The van der Waals surface area contributed by atoms with Crippen molar-refractivity contribution in [2.45, 2.75) is 11.8 Å². The molecule has 2 N–H and O–H groups in total. The van der Waals surface area contributed by atoms with E-state index in [1.165, 1.54) is 11.8 Å². The van der Waals surface area contributed by atoms with Crippen molar-refractivity contribution in [1.82, 2.24) is 4.98 Å². The van der Waals surface area contributed by atoms with Crippen LogP contribution in [0.4, 0.5) is 5.69 Å². The molecule has 0 fully saturated rings. The fourth-order valence-corrected chi connectivity index (χ4v) is 2.92. The molecule has 0 aliphatic carbocycles. The molecule has 0 saturated heterocycles. The van der Waals surface area contributed by atoms with E-state index in [-0.39, 0.29) is 5.91 Å². The second kappa shape index (κ2) is 6.11. The van der Waals surface area contributed by atoms with Crippen molar-refractivity contribution in [2.75, 3.05) is 11.1 Å². The van der Waals surface area contributed by atoms with Crippen LogP contribution in [-0.4, -0.2) is 16.6 Å². The molecule has 0 unspecified atom stereocenters. The molecular weight excluding hydrogens is 300 g/mol. The summed E-state index contributed by atoms with van der Waals surface area (Å²) in [6.45, 7) is 2.02. The minimum atomic E-state index is -0.506. The second-order valence-electron chi connectivity index (χ2n) is 4.83. The third kappa shape index (κ3) is 3.23. The Morgan fingerprint density at radius 1 is 1.27 bits per heavy atom. The Labute approximate surface area is 130 Å². The van der Waals surface area contributed by atoms with Gasteiger partial charge in [-0.15, -0.1) is 11.8 Å². The van der Waals surface area contributed by atoms with Gasteiger partial charge in [-0.05, 0) is 36.8 Å². The van der Waals surface area contributed by atoms with Gasteiger partial charge in [0.05, 0.1) is 11.3 Å². The highest BCUT2D eigenvalue weighted by Gasteiger charge is 2.07. The van der Waals surface area contributed by atoms with E-state index in [1.807, 2.05) is 31.2 Å². The van der Waals surface area contributed by atoms with Crippen LogP contribution in [0.15, 0.2) is 56.6 Å². The first-order chi connectivity index (χ1) is 10.6. The van der Waals surface area contributed by atoms with Crippen LogP contribution in [0.5, 0.6) is 0 Å². The lowest BCUT2D eigenvalue weighted by atomic mass is 10.2. The highest BCUT2D eigenvalue weighted by atomic mass is 32.2. The molecule has 0 radical (unpaired) electrons. The number of hydrogen-bond acceptors (Lipinski definition) is 4. The van der Waals surface area contributed by atoms with Crippen LogP contribution in [0.25, 0.3) is 11.1 Å². The van der Waals surface area contributed by atoms with Gasteiger partial charge < -0.3 is 9.73 Å². The van der Waals surface area contributed by atoms with E-state index >= 15 is 0 Å². The van der Waals surface area contributed by atoms with E-state index in [1.54, 1.807) is 18.2 Å². The normalized spacial score (nSPS) is 10.8. The molecule has 0 aliphatic rings. The van der Waals surface area contributed by atoms with Crippen LogP contribution in [0.1, 0.15) is 5.56 Å². The SMILES string of the molecule is Cc1ccccc1SCC(=O)Nc1ccc2oc(=O)[nH]c2c1. The van der Waals surface area contributed by atoms with Crippen molar-refractivity contribution >= 4 is 34.5 Å². The fourth-order valence-electron chi connectivity index (χ4n) is 2.09. The van der Waals surface area contributed by atoms with Crippen molar-refractivity contribution in [3.63, 3.8) is 0 Å². The second-order valence-corrected chi connectivity index (χ2v) is 5.84. The lowest BCUT2D eigenvalue weighted by Gasteiger charge is -2.06. The zero-order chi connectivity index (χ0) is 15.5. The largest absolute Gasteiger partial charge is 0.417 e. The Bertz CT molecular complexity index is 882. The van der Waals surface area contributed by atoms with Gasteiger partial charge in [0.15, 0.2) is 5.58 Å². The summed E-state index contributed by atoms with van der Waals surface area (Å²) in [7, 11) is 0. The van der Waals surface area contributed by atoms with Crippen molar-refractivity contribution in [3.05, 3.63) is 58.6 Å². The summed E-state index contributed by atoms with van der Waals surface area (Å²) in [6.07, 6.45) is 0. The van der Waals surface area contributed by atoms with Crippen LogP contribution >= 0.6 is 11.8 Å². The molecule has 0 bridgehead atoms. The number of aromatic nitrogens is 1. The molecule has 0 saturated carbocycles. The van der Waals surface area contributed by atoms with Gasteiger partial charge in [0.2, 0.25) is 5.91 Å². The van der Waals surface area contributed by atoms with Gasteiger partial charge in [0.25, 0.3) is 0 Å². The number of hydrogen-bond donors (Lipinski definition) is 2. The number of carbonyl (C=O) groups is 1. The summed E-state index contributed by atoms with van der Waals surface area (Å²) in [5.41, 5.74) is 2.81. The molecule has 112 valence electrons. The third-order valence-electron chi connectivity index (χ3n) is 3.16. The smallest absolute Gasteiger partial charge is 0.408 e. The first kappa shape index (κ1) is 14.5. The predicted molar refractivity (Wildman–Crippen MR) is 87.4 cm³/mol. The number of benzene rings is 2. The number of aryl methyl sites for hydroxylation is 1. The van der Waals surface area contributed by atoms with E-state index in [4.69, 9.17) is 4.42 Å². The highest BCUT2D eigenvalue weighted by molar-refractivity contribution is 8.00. The number of fused-ring (bicyclic) bond motifs is 1. The van der Waals surface area contributed by atoms with E-state index < -0.39 is 5.76 Å². The summed E-state index contributed by atoms with van der Waals surface area (Å²) >= 11 is 1.49. The summed E-state index contributed by atoms with van der Waals surface area (Å²) < 4.78 is 4.92. The van der Waals surface area contributed by atoms with Crippen LogP contribution in [0.3, 0.4) is 0 Å². The monoisotopic (exact) mass is 314 g/mol. The van der Waals surface area contributed by atoms with Gasteiger partial charge in [-0.2, -0.15) is 0 Å². The van der Waals surface area contributed by atoms with Gasteiger partial charge in [0, 0.05) is 10.6 Å². The van der Waals surface area contributed by atoms with Gasteiger partial charge in [0.1, 0.15) is 0 Å². The summed E-state index contributed by atoms with van der Waals surface area (Å²) in [4.78, 5) is 26.8. The number of oxazole rings is 1.